The van der Waals surface area contributed by atoms with Gasteiger partial charge in [-0.3, -0.25) is 4.98 Å². The van der Waals surface area contributed by atoms with E-state index in [9.17, 15) is 10.2 Å². The van der Waals surface area contributed by atoms with Crippen molar-refractivity contribution in [2.24, 2.45) is 0 Å². The smallest absolute Gasteiger partial charge is 0.223 e. The molecule has 8 nitrogen and oxygen atoms in total. The summed E-state index contributed by atoms with van der Waals surface area (Å²) < 4.78 is 25.8. The fourth-order valence-corrected chi connectivity index (χ4v) is 5.16. The highest BCUT2D eigenvalue weighted by atomic mass is 19.1. The van der Waals surface area contributed by atoms with E-state index in [2.05, 4.69) is 34.1 Å². The fraction of sp³-hybridized carbons (Fsp3) is 0.500. The Morgan fingerprint density at radius 2 is 2.00 bits per heavy atom. The molecule has 35 heavy (non-hydrogen) atoms. The van der Waals surface area contributed by atoms with Crippen LogP contribution in [0.1, 0.15) is 49.3 Å². The Hall–Kier alpha value is -2.72. The number of pyridine rings is 1. The van der Waals surface area contributed by atoms with Gasteiger partial charge >= 0.3 is 0 Å². The summed E-state index contributed by atoms with van der Waals surface area (Å²) in [5.41, 5.74) is 3.06. The van der Waals surface area contributed by atoms with Gasteiger partial charge in [-0.1, -0.05) is 19.9 Å². The Morgan fingerprint density at radius 3 is 2.71 bits per heavy atom. The second kappa shape index (κ2) is 9.39. The van der Waals surface area contributed by atoms with E-state index in [4.69, 9.17) is 9.47 Å². The molecule has 3 aromatic rings. The normalized spacial score (nSPS) is 24.9. The molecule has 0 amide bonds. The number of ether oxygens (including phenoxy) is 2. The molecule has 1 aromatic carbocycles. The number of nitrogens with one attached hydrogen (secondary N) is 1. The number of aromatic nitrogens is 3. The molecule has 186 valence electrons. The second-order valence-corrected chi connectivity index (χ2v) is 9.78. The van der Waals surface area contributed by atoms with Crippen LogP contribution in [-0.4, -0.2) is 63.7 Å². The van der Waals surface area contributed by atoms with Gasteiger partial charge in [0.25, 0.3) is 0 Å². The number of aryl methyl sites for hydroxylation is 1. The molecule has 5 rings (SSSR count). The molecular weight excluding hydrogens is 451 g/mol. The molecule has 4 heterocycles. The first-order chi connectivity index (χ1) is 16.8. The number of aliphatic hydroxyl groups is 2. The molecule has 2 aliphatic rings. The minimum absolute atomic E-state index is 0.0940. The molecule has 0 unspecified atom stereocenters. The van der Waals surface area contributed by atoms with Crippen molar-refractivity contribution in [2.45, 2.75) is 57.3 Å². The topological polar surface area (TPSA) is 110 Å². The van der Waals surface area contributed by atoms with Crippen LogP contribution in [0.3, 0.4) is 0 Å². The molecular formula is C26H31FN4O4. The van der Waals surface area contributed by atoms with Crippen molar-refractivity contribution in [3.05, 3.63) is 47.0 Å². The van der Waals surface area contributed by atoms with Crippen LogP contribution in [0, 0.1) is 12.7 Å². The van der Waals surface area contributed by atoms with Gasteiger partial charge in [0.15, 0.2) is 5.82 Å². The number of nitrogens with zero attached hydrogens (tertiary/aromatic N) is 3. The van der Waals surface area contributed by atoms with E-state index in [0.29, 0.717) is 31.6 Å². The summed E-state index contributed by atoms with van der Waals surface area (Å²) in [6.45, 7) is 7.58. The van der Waals surface area contributed by atoms with E-state index in [1.54, 1.807) is 6.20 Å². The zero-order chi connectivity index (χ0) is 24.7. The monoisotopic (exact) mass is 482 g/mol. The van der Waals surface area contributed by atoms with Crippen molar-refractivity contribution >= 4 is 16.9 Å². The van der Waals surface area contributed by atoms with Gasteiger partial charge in [-0.25, -0.2) is 14.4 Å². The molecule has 9 heteroatoms. The van der Waals surface area contributed by atoms with E-state index < -0.39 is 17.5 Å². The third-order valence-electron chi connectivity index (χ3n) is 7.05. The molecule has 3 atom stereocenters. The summed E-state index contributed by atoms with van der Waals surface area (Å²) >= 11 is 0. The van der Waals surface area contributed by atoms with Gasteiger partial charge in [0, 0.05) is 42.3 Å². The van der Waals surface area contributed by atoms with Crippen LogP contribution < -0.4 is 5.32 Å². The molecule has 0 radical (unpaired) electrons. The minimum Gasteiger partial charge on any atom is -0.389 e. The third kappa shape index (κ3) is 4.38. The zero-order valence-electron chi connectivity index (χ0n) is 20.2. The van der Waals surface area contributed by atoms with Crippen molar-refractivity contribution < 1.29 is 24.1 Å². The first-order valence-corrected chi connectivity index (χ1v) is 12.1. The van der Waals surface area contributed by atoms with Crippen molar-refractivity contribution in [2.75, 3.05) is 31.7 Å². The minimum atomic E-state index is -1.09. The van der Waals surface area contributed by atoms with Crippen LogP contribution in [0.4, 0.5) is 10.3 Å². The summed E-state index contributed by atoms with van der Waals surface area (Å²) in [6.07, 6.45) is 3.32. The van der Waals surface area contributed by atoms with E-state index in [-0.39, 0.29) is 36.8 Å². The number of hydrogen-bond acceptors (Lipinski definition) is 8. The molecule has 2 aliphatic heterocycles. The number of anilines is 1. The maximum Gasteiger partial charge on any atom is 0.223 e. The van der Waals surface area contributed by atoms with E-state index >= 15 is 4.39 Å². The lowest BCUT2D eigenvalue weighted by atomic mass is 9.82. The number of aliphatic hydroxyl groups excluding tert-OH is 1. The summed E-state index contributed by atoms with van der Waals surface area (Å²) in [5, 5.41) is 25.5. The number of fused-ring (bicyclic) bond motifs is 1. The van der Waals surface area contributed by atoms with Crippen LogP contribution in [0.5, 0.6) is 0 Å². The predicted octanol–water partition coefficient (Wildman–Crippen LogP) is 3.43. The summed E-state index contributed by atoms with van der Waals surface area (Å²) in [7, 11) is 0. The lowest BCUT2D eigenvalue weighted by Crippen LogP contribution is -2.42. The highest BCUT2D eigenvalue weighted by Gasteiger charge is 2.38. The van der Waals surface area contributed by atoms with Gasteiger partial charge in [-0.05, 0) is 36.5 Å². The molecule has 0 aliphatic carbocycles. The number of halogens is 1. The van der Waals surface area contributed by atoms with Gasteiger partial charge < -0.3 is 25.0 Å². The van der Waals surface area contributed by atoms with Gasteiger partial charge in [-0.2, -0.15) is 0 Å². The van der Waals surface area contributed by atoms with Gasteiger partial charge in [0.1, 0.15) is 11.3 Å². The van der Waals surface area contributed by atoms with Gasteiger partial charge in [-0.15, -0.1) is 0 Å². The molecule has 2 saturated heterocycles. The highest BCUT2D eigenvalue weighted by Crippen LogP contribution is 2.41. The molecule has 2 aromatic heterocycles. The standard InChI is InChI=1S/C26H31FN4O4/c1-14(2)22-17(26(33)7-9-35-13-26)10-28-20-5-4-16(15(3)23(20)22)24-18(27)11-29-25(31-24)30-19-6-8-34-12-21(19)32/h4-5,10-11,14,19,21,32-33H,6-9,12-13H2,1-3H3,(H,29,30,31)/t19-,21-,26-/m1/s1. The number of hydrogen-bond donors (Lipinski definition) is 3. The average molecular weight is 483 g/mol. The van der Waals surface area contributed by atoms with Crippen molar-refractivity contribution in [1.82, 2.24) is 15.0 Å². The Balaban J connectivity index is 1.62. The molecule has 0 spiro atoms. The number of benzene rings is 1. The van der Waals surface area contributed by atoms with E-state index in [1.165, 1.54) is 0 Å². The van der Waals surface area contributed by atoms with Crippen LogP contribution in [-0.2, 0) is 15.1 Å². The maximum atomic E-state index is 15.0. The van der Waals surface area contributed by atoms with Crippen LogP contribution in [0.25, 0.3) is 22.2 Å². The van der Waals surface area contributed by atoms with Crippen molar-refractivity contribution in [3.63, 3.8) is 0 Å². The first kappa shape index (κ1) is 24.0. The van der Waals surface area contributed by atoms with Crippen molar-refractivity contribution in [1.29, 1.82) is 0 Å². The average Bonchev–Trinajstić information content (AvgIpc) is 3.29. The Bertz CT molecular complexity index is 1250. The maximum absolute atomic E-state index is 15.0. The Kier molecular flexibility index (Phi) is 6.43. The Labute approximate surface area is 203 Å². The first-order valence-electron chi connectivity index (χ1n) is 12.1. The van der Waals surface area contributed by atoms with E-state index in [1.807, 2.05) is 19.1 Å². The SMILES string of the molecule is Cc1c(-c2nc(N[C@@H]3CCOC[C@H]3O)ncc2F)ccc2ncc([C@@]3(O)CCOC3)c(C(C)C)c12. The van der Waals surface area contributed by atoms with Gasteiger partial charge in [0.2, 0.25) is 5.95 Å². The predicted molar refractivity (Wildman–Crippen MR) is 130 cm³/mol. The second-order valence-electron chi connectivity index (χ2n) is 9.78. The zero-order valence-corrected chi connectivity index (χ0v) is 20.2. The molecule has 0 bridgehead atoms. The lowest BCUT2D eigenvalue weighted by Gasteiger charge is -2.28. The Morgan fingerprint density at radius 1 is 1.17 bits per heavy atom. The summed E-state index contributed by atoms with van der Waals surface area (Å²) in [5.74, 6) is -0.194. The summed E-state index contributed by atoms with van der Waals surface area (Å²) in [6, 6.07) is 3.41. The lowest BCUT2D eigenvalue weighted by molar-refractivity contribution is -0.0136. The van der Waals surface area contributed by atoms with Gasteiger partial charge in [0.05, 0.1) is 37.1 Å². The fourth-order valence-electron chi connectivity index (χ4n) is 5.16. The highest BCUT2D eigenvalue weighted by molar-refractivity contribution is 5.92. The van der Waals surface area contributed by atoms with Crippen LogP contribution in [0.2, 0.25) is 0 Å². The summed E-state index contributed by atoms with van der Waals surface area (Å²) in [4.78, 5) is 13.2. The quantitative estimate of drug-likeness (QED) is 0.508. The van der Waals surface area contributed by atoms with Crippen LogP contribution >= 0.6 is 0 Å². The molecule has 3 N–H and O–H groups in total. The third-order valence-corrected chi connectivity index (χ3v) is 7.05. The molecule has 0 saturated carbocycles. The van der Waals surface area contributed by atoms with Crippen molar-refractivity contribution in [3.8, 4) is 11.3 Å². The number of rotatable bonds is 5. The largest absolute Gasteiger partial charge is 0.389 e. The van der Waals surface area contributed by atoms with E-state index in [0.717, 1.165) is 33.8 Å². The molecule has 2 fully saturated rings. The van der Waals surface area contributed by atoms with Crippen LogP contribution in [0.15, 0.2) is 24.5 Å².